The molecule has 1 saturated carbocycles. The molecule has 2 atom stereocenters. The molecule has 2 heterocycles. The molecular formula is C12H21NO2S. The van der Waals surface area contributed by atoms with Gasteiger partial charge in [-0.05, 0) is 38.8 Å². The lowest BCUT2D eigenvalue weighted by Gasteiger charge is -2.58. The maximum atomic E-state index is 11.9. The second-order valence-corrected chi connectivity index (χ2v) is 7.88. The Labute approximate surface area is 98.1 Å². The molecule has 0 radical (unpaired) electrons. The standard InChI is InChI=1S/C12H21NO2S/c14-16(15)10-12(7-3-2-6-11(12)16)13-8-4-1-5-9-13/h11H,1-10H2/t11-,12-/m0/s1. The van der Waals surface area contributed by atoms with Gasteiger partial charge in [0.25, 0.3) is 0 Å². The molecule has 0 unspecified atom stereocenters. The van der Waals surface area contributed by atoms with Crippen LogP contribution in [-0.2, 0) is 9.84 Å². The SMILES string of the molecule is O=S1(=O)C[C@@]2(N3CCCCC3)CCCC[C@@H]21. The zero-order chi connectivity index (χ0) is 11.2. The molecule has 2 saturated heterocycles. The molecule has 3 rings (SSSR count). The molecule has 3 fully saturated rings. The van der Waals surface area contributed by atoms with Crippen molar-refractivity contribution in [3.63, 3.8) is 0 Å². The smallest absolute Gasteiger partial charge is 0.156 e. The summed E-state index contributed by atoms with van der Waals surface area (Å²) in [5, 5.41) is -0.0214. The molecule has 3 aliphatic rings. The van der Waals surface area contributed by atoms with Crippen LogP contribution in [0, 0.1) is 0 Å². The molecule has 4 heteroatoms. The summed E-state index contributed by atoms with van der Waals surface area (Å²) in [6, 6.07) is 0. The van der Waals surface area contributed by atoms with Gasteiger partial charge in [-0.3, -0.25) is 4.90 Å². The molecule has 92 valence electrons. The second kappa shape index (κ2) is 3.70. The van der Waals surface area contributed by atoms with Crippen LogP contribution in [0.15, 0.2) is 0 Å². The molecule has 0 bridgehead atoms. The molecule has 0 aromatic carbocycles. The second-order valence-electron chi connectivity index (χ2n) is 5.69. The highest BCUT2D eigenvalue weighted by atomic mass is 32.2. The number of likely N-dealkylation sites (tertiary alicyclic amines) is 1. The molecular weight excluding hydrogens is 222 g/mol. The first-order chi connectivity index (χ1) is 7.65. The predicted molar refractivity (Wildman–Crippen MR) is 64.2 cm³/mol. The first-order valence-electron chi connectivity index (χ1n) is 6.62. The number of sulfone groups is 1. The third-order valence-electron chi connectivity index (χ3n) is 4.80. The fourth-order valence-electron chi connectivity index (χ4n) is 4.01. The summed E-state index contributed by atoms with van der Waals surface area (Å²) in [4.78, 5) is 2.52. The fourth-order valence-corrected chi connectivity index (χ4v) is 6.68. The van der Waals surface area contributed by atoms with Gasteiger partial charge in [0.1, 0.15) is 0 Å². The van der Waals surface area contributed by atoms with Crippen molar-refractivity contribution in [2.24, 2.45) is 0 Å². The molecule has 0 amide bonds. The lowest BCUT2D eigenvalue weighted by atomic mass is 9.79. The average molecular weight is 243 g/mol. The minimum absolute atomic E-state index is 0.0214. The number of rotatable bonds is 1. The Morgan fingerprint density at radius 2 is 1.75 bits per heavy atom. The quantitative estimate of drug-likeness (QED) is 0.702. The first-order valence-corrected chi connectivity index (χ1v) is 8.33. The van der Waals surface area contributed by atoms with Gasteiger partial charge in [0.15, 0.2) is 9.84 Å². The maximum absolute atomic E-state index is 11.9. The van der Waals surface area contributed by atoms with E-state index in [4.69, 9.17) is 0 Å². The van der Waals surface area contributed by atoms with Crippen LogP contribution in [-0.4, -0.2) is 42.9 Å². The Morgan fingerprint density at radius 3 is 2.44 bits per heavy atom. The normalized spacial score (nSPS) is 43.4. The van der Waals surface area contributed by atoms with Gasteiger partial charge in [0.05, 0.1) is 16.5 Å². The van der Waals surface area contributed by atoms with Crippen LogP contribution >= 0.6 is 0 Å². The summed E-state index contributed by atoms with van der Waals surface area (Å²) >= 11 is 0. The molecule has 1 aliphatic carbocycles. The lowest BCUT2D eigenvalue weighted by Crippen LogP contribution is -2.73. The van der Waals surface area contributed by atoms with Crippen molar-refractivity contribution in [3.8, 4) is 0 Å². The molecule has 0 aromatic rings. The summed E-state index contributed by atoms with van der Waals surface area (Å²) in [6.07, 6.45) is 8.21. The maximum Gasteiger partial charge on any atom is 0.156 e. The fraction of sp³-hybridized carbons (Fsp3) is 1.00. The Kier molecular flexibility index (Phi) is 2.55. The average Bonchev–Trinajstić information content (AvgIpc) is 2.29. The van der Waals surface area contributed by atoms with E-state index in [-0.39, 0.29) is 10.8 Å². The van der Waals surface area contributed by atoms with Crippen molar-refractivity contribution in [2.75, 3.05) is 18.8 Å². The number of hydrogen-bond donors (Lipinski definition) is 0. The van der Waals surface area contributed by atoms with Gasteiger partial charge < -0.3 is 0 Å². The van der Waals surface area contributed by atoms with E-state index in [2.05, 4.69) is 4.90 Å². The van der Waals surface area contributed by atoms with Crippen LogP contribution in [0.4, 0.5) is 0 Å². The summed E-state index contributed by atoms with van der Waals surface area (Å²) in [5.74, 6) is 0.449. The third-order valence-corrected chi connectivity index (χ3v) is 7.24. The Morgan fingerprint density at radius 1 is 1.00 bits per heavy atom. The minimum atomic E-state index is -2.73. The molecule has 3 nitrogen and oxygen atoms in total. The molecule has 0 aromatic heterocycles. The Bertz CT molecular complexity index is 372. The van der Waals surface area contributed by atoms with E-state index in [9.17, 15) is 8.42 Å². The van der Waals surface area contributed by atoms with Crippen molar-refractivity contribution in [3.05, 3.63) is 0 Å². The highest BCUT2D eigenvalue weighted by Gasteiger charge is 2.61. The Hall–Kier alpha value is -0.0900. The van der Waals surface area contributed by atoms with Gasteiger partial charge in [0.2, 0.25) is 0 Å². The topological polar surface area (TPSA) is 37.4 Å². The number of fused-ring (bicyclic) bond motifs is 1. The zero-order valence-corrected chi connectivity index (χ0v) is 10.6. The molecule has 0 N–H and O–H groups in total. The lowest BCUT2D eigenvalue weighted by molar-refractivity contribution is 0.0387. The first kappa shape index (κ1) is 11.0. The third kappa shape index (κ3) is 1.46. The summed E-state index contributed by atoms with van der Waals surface area (Å²) < 4.78 is 23.7. The van der Waals surface area contributed by atoms with Gasteiger partial charge in [-0.1, -0.05) is 19.3 Å². The van der Waals surface area contributed by atoms with Gasteiger partial charge >= 0.3 is 0 Å². The number of piperidine rings is 1. The summed E-state index contributed by atoms with van der Waals surface area (Å²) in [7, 11) is -2.73. The van der Waals surface area contributed by atoms with E-state index < -0.39 is 9.84 Å². The van der Waals surface area contributed by atoms with Crippen LogP contribution in [0.5, 0.6) is 0 Å². The van der Waals surface area contributed by atoms with E-state index in [1.165, 1.54) is 25.7 Å². The number of nitrogens with zero attached hydrogens (tertiary/aromatic N) is 1. The summed E-state index contributed by atoms with van der Waals surface area (Å²) in [5.41, 5.74) is 0.0670. The van der Waals surface area contributed by atoms with Crippen molar-refractivity contribution in [2.45, 2.75) is 55.7 Å². The van der Waals surface area contributed by atoms with E-state index >= 15 is 0 Å². The van der Waals surface area contributed by atoms with Crippen LogP contribution in [0.3, 0.4) is 0 Å². The van der Waals surface area contributed by atoms with Crippen molar-refractivity contribution in [1.29, 1.82) is 0 Å². The van der Waals surface area contributed by atoms with Gasteiger partial charge in [-0.15, -0.1) is 0 Å². The largest absolute Gasteiger partial charge is 0.295 e. The highest BCUT2D eigenvalue weighted by molar-refractivity contribution is 7.93. The van der Waals surface area contributed by atoms with Crippen LogP contribution in [0.1, 0.15) is 44.9 Å². The van der Waals surface area contributed by atoms with Gasteiger partial charge in [-0.25, -0.2) is 8.42 Å². The van der Waals surface area contributed by atoms with E-state index in [1.54, 1.807) is 0 Å². The monoisotopic (exact) mass is 243 g/mol. The predicted octanol–water partition coefficient (Wildman–Crippen LogP) is 1.58. The Balaban J connectivity index is 1.85. The van der Waals surface area contributed by atoms with E-state index in [0.717, 1.165) is 32.4 Å². The van der Waals surface area contributed by atoms with Crippen LogP contribution in [0.2, 0.25) is 0 Å². The van der Waals surface area contributed by atoms with E-state index in [1.807, 2.05) is 0 Å². The molecule has 2 aliphatic heterocycles. The molecule has 0 spiro atoms. The van der Waals surface area contributed by atoms with Crippen LogP contribution < -0.4 is 0 Å². The highest BCUT2D eigenvalue weighted by Crippen LogP contribution is 2.47. The minimum Gasteiger partial charge on any atom is -0.295 e. The van der Waals surface area contributed by atoms with E-state index in [0.29, 0.717) is 5.75 Å². The van der Waals surface area contributed by atoms with Crippen molar-refractivity contribution >= 4 is 9.84 Å². The van der Waals surface area contributed by atoms with Crippen LogP contribution in [0.25, 0.3) is 0 Å². The van der Waals surface area contributed by atoms with Gasteiger partial charge in [-0.2, -0.15) is 0 Å². The summed E-state index contributed by atoms with van der Waals surface area (Å²) in [6.45, 7) is 2.26. The zero-order valence-electron chi connectivity index (χ0n) is 9.82. The molecule has 16 heavy (non-hydrogen) atoms. The van der Waals surface area contributed by atoms with Gasteiger partial charge in [0, 0.05) is 0 Å². The van der Waals surface area contributed by atoms with Crippen molar-refractivity contribution < 1.29 is 8.42 Å². The number of hydrogen-bond acceptors (Lipinski definition) is 3. The van der Waals surface area contributed by atoms with Crippen molar-refractivity contribution in [1.82, 2.24) is 4.90 Å².